The molecule has 0 bridgehead atoms. The molecule has 0 aromatic rings. The SMILES string of the molecule is CC(Cl)SOC=O. The Morgan fingerprint density at radius 2 is 2.57 bits per heavy atom. The van der Waals surface area contributed by atoms with E-state index in [1.54, 1.807) is 6.92 Å². The second-order valence-electron chi connectivity index (χ2n) is 0.832. The van der Waals surface area contributed by atoms with Gasteiger partial charge in [-0.05, 0) is 6.92 Å². The standard InChI is InChI=1S/C3H5ClO2S/c1-3(4)7-6-2-5/h2-3H,1H3. The number of carbonyl (C=O) groups is 1. The van der Waals surface area contributed by atoms with Gasteiger partial charge in [0.25, 0.3) is 0 Å². The molecule has 4 heteroatoms. The van der Waals surface area contributed by atoms with Gasteiger partial charge in [0.1, 0.15) is 4.71 Å². The molecule has 1 unspecified atom stereocenters. The summed E-state index contributed by atoms with van der Waals surface area (Å²) in [5.41, 5.74) is 0. The molecule has 0 aliphatic heterocycles. The Bertz CT molecular complexity index is 56.9. The smallest absolute Gasteiger partial charge is 0.305 e. The van der Waals surface area contributed by atoms with Gasteiger partial charge in [-0.25, -0.2) is 0 Å². The van der Waals surface area contributed by atoms with E-state index in [1.807, 2.05) is 0 Å². The highest BCUT2D eigenvalue weighted by atomic mass is 35.5. The molecular formula is C3H5ClO2S. The van der Waals surface area contributed by atoms with Gasteiger partial charge < -0.3 is 4.18 Å². The van der Waals surface area contributed by atoms with Crippen molar-refractivity contribution in [3.8, 4) is 0 Å². The van der Waals surface area contributed by atoms with Crippen LogP contribution in [0.2, 0.25) is 0 Å². The quantitative estimate of drug-likeness (QED) is 0.337. The number of alkyl halides is 1. The minimum absolute atomic E-state index is 0.162. The maximum atomic E-state index is 9.41. The summed E-state index contributed by atoms with van der Waals surface area (Å²) in [6, 6.07) is 0. The summed E-state index contributed by atoms with van der Waals surface area (Å²) in [6.07, 6.45) is 0. The van der Waals surface area contributed by atoms with E-state index in [0.717, 1.165) is 12.0 Å². The zero-order chi connectivity index (χ0) is 5.70. The van der Waals surface area contributed by atoms with E-state index < -0.39 is 0 Å². The highest BCUT2D eigenvalue weighted by molar-refractivity contribution is 7.96. The summed E-state index contributed by atoms with van der Waals surface area (Å²) in [4.78, 5) is 9.41. The molecule has 0 aliphatic rings. The Morgan fingerprint density at radius 3 is 2.71 bits per heavy atom. The molecule has 42 valence electrons. The van der Waals surface area contributed by atoms with Crippen LogP contribution in [0.4, 0.5) is 0 Å². The molecule has 0 rings (SSSR count). The van der Waals surface area contributed by atoms with Gasteiger partial charge in [-0.1, -0.05) is 0 Å². The summed E-state index contributed by atoms with van der Waals surface area (Å²) in [7, 11) is 0. The molecule has 0 N–H and O–H groups in total. The second kappa shape index (κ2) is 4.27. The molecule has 0 saturated carbocycles. The molecule has 0 fully saturated rings. The Balaban J connectivity index is 2.81. The first kappa shape index (κ1) is 7.11. The summed E-state index contributed by atoms with van der Waals surface area (Å²) >= 11 is 6.26. The highest BCUT2D eigenvalue weighted by Crippen LogP contribution is 2.12. The van der Waals surface area contributed by atoms with E-state index in [0.29, 0.717) is 6.47 Å². The van der Waals surface area contributed by atoms with Crippen molar-refractivity contribution in [3.63, 3.8) is 0 Å². The minimum Gasteiger partial charge on any atom is -0.392 e. The van der Waals surface area contributed by atoms with Crippen molar-refractivity contribution in [2.45, 2.75) is 11.6 Å². The maximum absolute atomic E-state index is 9.41. The molecule has 7 heavy (non-hydrogen) atoms. The Morgan fingerprint density at radius 1 is 2.00 bits per heavy atom. The van der Waals surface area contributed by atoms with Crippen molar-refractivity contribution >= 4 is 30.1 Å². The highest BCUT2D eigenvalue weighted by Gasteiger charge is 1.93. The lowest BCUT2D eigenvalue weighted by Crippen LogP contribution is -1.82. The molecule has 0 spiro atoms. The zero-order valence-corrected chi connectivity index (χ0v) is 5.33. The average Bonchev–Trinajstić information content (AvgIpc) is 1.61. The first-order valence-electron chi connectivity index (χ1n) is 1.67. The van der Waals surface area contributed by atoms with Gasteiger partial charge in [0.05, 0.1) is 12.0 Å². The molecule has 0 amide bonds. The third kappa shape index (κ3) is 6.11. The number of carbonyl (C=O) groups excluding carboxylic acids is 1. The van der Waals surface area contributed by atoms with E-state index >= 15 is 0 Å². The molecule has 0 heterocycles. The third-order valence-electron chi connectivity index (χ3n) is 0.227. The van der Waals surface area contributed by atoms with Gasteiger partial charge >= 0.3 is 6.47 Å². The topological polar surface area (TPSA) is 26.3 Å². The van der Waals surface area contributed by atoms with Crippen LogP contribution in [0, 0.1) is 0 Å². The fraction of sp³-hybridized carbons (Fsp3) is 0.667. The summed E-state index contributed by atoms with van der Waals surface area (Å²) in [5, 5.41) is 0. The van der Waals surface area contributed by atoms with Crippen LogP contribution < -0.4 is 0 Å². The molecule has 2 nitrogen and oxygen atoms in total. The normalized spacial score (nSPS) is 12.9. The Labute approximate surface area is 51.4 Å². The zero-order valence-electron chi connectivity index (χ0n) is 3.76. The lowest BCUT2D eigenvalue weighted by Gasteiger charge is -1.93. The van der Waals surface area contributed by atoms with Crippen molar-refractivity contribution in [1.29, 1.82) is 0 Å². The van der Waals surface area contributed by atoms with E-state index in [-0.39, 0.29) is 4.71 Å². The van der Waals surface area contributed by atoms with Crippen molar-refractivity contribution in [1.82, 2.24) is 0 Å². The summed E-state index contributed by atoms with van der Waals surface area (Å²) < 4.78 is 4.04. The summed E-state index contributed by atoms with van der Waals surface area (Å²) in [5.74, 6) is 0. The Kier molecular flexibility index (Phi) is 4.34. The monoisotopic (exact) mass is 140 g/mol. The Hall–Kier alpha value is 0.110. The number of rotatable bonds is 3. The number of hydrogen-bond donors (Lipinski definition) is 0. The van der Waals surface area contributed by atoms with Crippen LogP contribution in [0.25, 0.3) is 0 Å². The van der Waals surface area contributed by atoms with Crippen molar-refractivity contribution in [2.24, 2.45) is 0 Å². The van der Waals surface area contributed by atoms with Crippen LogP contribution in [-0.4, -0.2) is 11.2 Å². The molecule has 0 aliphatic carbocycles. The number of halogens is 1. The lowest BCUT2D eigenvalue weighted by atomic mass is 11.0. The predicted molar refractivity (Wildman–Crippen MR) is 30.1 cm³/mol. The van der Waals surface area contributed by atoms with E-state index in [2.05, 4.69) is 4.18 Å². The largest absolute Gasteiger partial charge is 0.392 e. The molecule has 0 aromatic heterocycles. The molecule has 0 radical (unpaired) electrons. The predicted octanol–water partition coefficient (Wildman–Crippen LogP) is 1.39. The van der Waals surface area contributed by atoms with Crippen LogP contribution in [-0.2, 0) is 8.98 Å². The minimum atomic E-state index is -0.162. The van der Waals surface area contributed by atoms with Crippen LogP contribution in [0.3, 0.4) is 0 Å². The van der Waals surface area contributed by atoms with Gasteiger partial charge in [-0.2, -0.15) is 0 Å². The van der Waals surface area contributed by atoms with Gasteiger partial charge in [0.2, 0.25) is 0 Å². The van der Waals surface area contributed by atoms with Crippen LogP contribution in [0.5, 0.6) is 0 Å². The molecule has 0 saturated heterocycles. The van der Waals surface area contributed by atoms with Crippen molar-refractivity contribution in [2.75, 3.05) is 0 Å². The van der Waals surface area contributed by atoms with Crippen LogP contribution in [0.1, 0.15) is 6.92 Å². The fourth-order valence-corrected chi connectivity index (χ4v) is 0.424. The van der Waals surface area contributed by atoms with Gasteiger partial charge in [-0.15, -0.1) is 11.6 Å². The maximum Gasteiger partial charge on any atom is 0.305 e. The first-order chi connectivity index (χ1) is 3.27. The lowest BCUT2D eigenvalue weighted by molar-refractivity contribution is -0.119. The fourth-order valence-electron chi connectivity index (χ4n) is 0.0992. The number of hydrogen-bond acceptors (Lipinski definition) is 3. The molecule has 1 atom stereocenters. The van der Waals surface area contributed by atoms with Gasteiger partial charge in [-0.3, -0.25) is 4.79 Å². The van der Waals surface area contributed by atoms with E-state index in [1.165, 1.54) is 0 Å². The second-order valence-corrected chi connectivity index (χ2v) is 2.84. The van der Waals surface area contributed by atoms with Crippen molar-refractivity contribution < 1.29 is 8.98 Å². The van der Waals surface area contributed by atoms with E-state index in [4.69, 9.17) is 11.6 Å². The average molecular weight is 141 g/mol. The van der Waals surface area contributed by atoms with Crippen LogP contribution in [0.15, 0.2) is 0 Å². The summed E-state index contributed by atoms with van der Waals surface area (Å²) in [6.45, 7) is 2.07. The third-order valence-corrected chi connectivity index (χ3v) is 0.901. The van der Waals surface area contributed by atoms with E-state index in [9.17, 15) is 4.79 Å². The molecular weight excluding hydrogens is 136 g/mol. The van der Waals surface area contributed by atoms with Crippen LogP contribution >= 0.6 is 23.6 Å². The van der Waals surface area contributed by atoms with Gasteiger partial charge in [0, 0.05) is 0 Å². The van der Waals surface area contributed by atoms with Gasteiger partial charge in [0.15, 0.2) is 0 Å². The molecule has 0 aromatic carbocycles. The first-order valence-corrected chi connectivity index (χ1v) is 2.91. The van der Waals surface area contributed by atoms with Crippen molar-refractivity contribution in [3.05, 3.63) is 0 Å².